The number of benzene rings is 2. The van der Waals surface area contributed by atoms with Gasteiger partial charge < -0.3 is 4.74 Å². The first kappa shape index (κ1) is 12.9. The van der Waals surface area contributed by atoms with Crippen LogP contribution in [0.1, 0.15) is 5.56 Å². The summed E-state index contributed by atoms with van der Waals surface area (Å²) < 4.78 is 19.5. The van der Waals surface area contributed by atoms with Crippen molar-refractivity contribution in [2.24, 2.45) is 0 Å². The number of rotatable bonds is 2. The molecule has 0 bridgehead atoms. The summed E-state index contributed by atoms with van der Waals surface area (Å²) in [5.41, 5.74) is 0.369. The van der Waals surface area contributed by atoms with Gasteiger partial charge in [-0.15, -0.1) is 0 Å². The zero-order chi connectivity index (χ0) is 13.1. The van der Waals surface area contributed by atoms with Gasteiger partial charge in [0.1, 0.15) is 23.4 Å². The number of nitrogens with zero attached hydrogens (tertiary/aromatic N) is 1. The van der Waals surface area contributed by atoms with E-state index in [0.29, 0.717) is 11.3 Å². The highest BCUT2D eigenvalue weighted by Gasteiger charge is 2.07. The molecule has 2 nitrogen and oxygen atoms in total. The van der Waals surface area contributed by atoms with E-state index in [9.17, 15) is 4.39 Å². The molecule has 0 radical (unpaired) electrons. The molecule has 0 N–H and O–H groups in total. The van der Waals surface area contributed by atoms with Crippen LogP contribution in [0.2, 0.25) is 5.02 Å². The van der Waals surface area contributed by atoms with Crippen molar-refractivity contribution in [1.29, 1.82) is 5.26 Å². The topological polar surface area (TPSA) is 33.0 Å². The monoisotopic (exact) mass is 325 g/mol. The second kappa shape index (κ2) is 5.38. The summed E-state index contributed by atoms with van der Waals surface area (Å²) in [5, 5.41) is 8.97. The van der Waals surface area contributed by atoms with E-state index in [1.54, 1.807) is 18.2 Å². The van der Waals surface area contributed by atoms with E-state index in [-0.39, 0.29) is 10.8 Å². The van der Waals surface area contributed by atoms with Crippen molar-refractivity contribution < 1.29 is 9.13 Å². The molecule has 0 amide bonds. The molecule has 0 fully saturated rings. The van der Waals surface area contributed by atoms with Gasteiger partial charge >= 0.3 is 0 Å². The minimum absolute atomic E-state index is 0.0251. The fourth-order valence-corrected chi connectivity index (χ4v) is 1.80. The van der Waals surface area contributed by atoms with E-state index < -0.39 is 5.82 Å². The lowest BCUT2D eigenvalue weighted by Crippen LogP contribution is -1.89. The quantitative estimate of drug-likeness (QED) is 0.786. The molecule has 2 aromatic carbocycles. The van der Waals surface area contributed by atoms with Gasteiger partial charge in [-0.2, -0.15) is 5.26 Å². The van der Waals surface area contributed by atoms with Crippen molar-refractivity contribution >= 4 is 27.5 Å². The average Bonchev–Trinajstić information content (AvgIpc) is 2.34. The van der Waals surface area contributed by atoms with Crippen LogP contribution < -0.4 is 4.74 Å². The standard InChI is InChI=1S/C13H6BrClFNO/c14-9-2-1-8(7-17)13(5-9)18-10-3-4-11(15)12(16)6-10/h1-6H. The fourth-order valence-electron chi connectivity index (χ4n) is 1.34. The SMILES string of the molecule is N#Cc1ccc(Br)cc1Oc1ccc(Cl)c(F)c1. The van der Waals surface area contributed by atoms with Crippen LogP contribution >= 0.6 is 27.5 Å². The minimum Gasteiger partial charge on any atom is -0.456 e. The Kier molecular flexibility index (Phi) is 3.85. The van der Waals surface area contributed by atoms with Gasteiger partial charge in [0, 0.05) is 10.5 Å². The van der Waals surface area contributed by atoms with Gasteiger partial charge in [-0.05, 0) is 30.3 Å². The Hall–Kier alpha value is -1.57. The molecule has 0 spiro atoms. The molecule has 2 aromatic rings. The number of halogens is 3. The number of hydrogen-bond donors (Lipinski definition) is 0. The van der Waals surface area contributed by atoms with Crippen molar-refractivity contribution in [3.05, 3.63) is 57.3 Å². The summed E-state index contributed by atoms with van der Waals surface area (Å²) in [4.78, 5) is 0. The summed E-state index contributed by atoms with van der Waals surface area (Å²) in [6.45, 7) is 0. The molecule has 0 saturated carbocycles. The first-order valence-corrected chi connectivity index (χ1v) is 6.10. The maximum Gasteiger partial charge on any atom is 0.146 e. The van der Waals surface area contributed by atoms with Crippen LogP contribution in [0.15, 0.2) is 40.9 Å². The van der Waals surface area contributed by atoms with Crippen LogP contribution in [0.3, 0.4) is 0 Å². The average molecular weight is 327 g/mol. The fraction of sp³-hybridized carbons (Fsp3) is 0. The van der Waals surface area contributed by atoms with E-state index in [1.165, 1.54) is 18.2 Å². The van der Waals surface area contributed by atoms with Crippen molar-refractivity contribution in [2.75, 3.05) is 0 Å². The minimum atomic E-state index is -0.567. The summed E-state index contributed by atoms with van der Waals surface area (Å²) in [6, 6.07) is 11.1. The van der Waals surface area contributed by atoms with Crippen LogP contribution in [-0.4, -0.2) is 0 Å². The van der Waals surface area contributed by atoms with Crippen LogP contribution in [0.5, 0.6) is 11.5 Å². The van der Waals surface area contributed by atoms with Crippen LogP contribution in [0.25, 0.3) is 0 Å². The van der Waals surface area contributed by atoms with Crippen LogP contribution in [0, 0.1) is 17.1 Å². The van der Waals surface area contributed by atoms with Gasteiger partial charge in [0.15, 0.2) is 0 Å². The lowest BCUT2D eigenvalue weighted by Gasteiger charge is -2.08. The number of ether oxygens (including phenoxy) is 1. The number of nitriles is 1. The molecule has 0 aliphatic heterocycles. The summed E-state index contributed by atoms with van der Waals surface area (Å²) in [7, 11) is 0. The largest absolute Gasteiger partial charge is 0.456 e. The second-order valence-electron chi connectivity index (χ2n) is 3.43. The van der Waals surface area contributed by atoms with Crippen LogP contribution in [0.4, 0.5) is 4.39 Å². The smallest absolute Gasteiger partial charge is 0.146 e. The molecular formula is C13H6BrClFNO. The Morgan fingerprint density at radius 1 is 1.22 bits per heavy atom. The van der Waals surface area contributed by atoms with E-state index >= 15 is 0 Å². The lowest BCUT2D eigenvalue weighted by atomic mass is 10.2. The third kappa shape index (κ3) is 2.81. The molecule has 5 heteroatoms. The Morgan fingerprint density at radius 2 is 2.00 bits per heavy atom. The highest BCUT2D eigenvalue weighted by Crippen LogP contribution is 2.29. The molecule has 18 heavy (non-hydrogen) atoms. The normalized spacial score (nSPS) is 9.89. The molecule has 0 saturated heterocycles. The third-order valence-electron chi connectivity index (χ3n) is 2.18. The van der Waals surface area contributed by atoms with Gasteiger partial charge in [-0.3, -0.25) is 0 Å². The summed E-state index contributed by atoms with van der Waals surface area (Å²) >= 11 is 8.86. The Morgan fingerprint density at radius 3 is 2.67 bits per heavy atom. The molecule has 2 rings (SSSR count). The predicted molar refractivity (Wildman–Crippen MR) is 70.3 cm³/mol. The highest BCUT2D eigenvalue weighted by molar-refractivity contribution is 9.10. The van der Waals surface area contributed by atoms with Gasteiger partial charge in [-0.1, -0.05) is 27.5 Å². The van der Waals surface area contributed by atoms with Gasteiger partial charge in [0.05, 0.1) is 10.6 Å². The molecular weight excluding hydrogens is 321 g/mol. The lowest BCUT2D eigenvalue weighted by molar-refractivity contribution is 0.475. The van der Waals surface area contributed by atoms with E-state index in [0.717, 1.165) is 4.47 Å². The Balaban J connectivity index is 2.36. The molecule has 0 aliphatic rings. The summed E-state index contributed by atoms with van der Waals surface area (Å²) in [6.07, 6.45) is 0. The van der Waals surface area contributed by atoms with Crippen LogP contribution in [-0.2, 0) is 0 Å². The maximum atomic E-state index is 13.3. The first-order valence-electron chi connectivity index (χ1n) is 4.92. The second-order valence-corrected chi connectivity index (χ2v) is 4.75. The molecule has 0 heterocycles. The van der Waals surface area contributed by atoms with Crippen molar-refractivity contribution in [3.8, 4) is 17.6 Å². The summed E-state index contributed by atoms with van der Waals surface area (Å²) in [5.74, 6) is 0.0720. The molecule has 0 aliphatic carbocycles. The zero-order valence-electron chi connectivity index (χ0n) is 8.95. The van der Waals surface area contributed by atoms with E-state index in [4.69, 9.17) is 21.6 Å². The van der Waals surface area contributed by atoms with Crippen molar-refractivity contribution in [1.82, 2.24) is 0 Å². The van der Waals surface area contributed by atoms with Gasteiger partial charge in [0.25, 0.3) is 0 Å². The zero-order valence-corrected chi connectivity index (χ0v) is 11.3. The van der Waals surface area contributed by atoms with Crippen molar-refractivity contribution in [2.45, 2.75) is 0 Å². The van der Waals surface area contributed by atoms with Gasteiger partial charge in [-0.25, -0.2) is 4.39 Å². The van der Waals surface area contributed by atoms with E-state index in [1.807, 2.05) is 6.07 Å². The maximum absolute atomic E-state index is 13.3. The molecule has 0 unspecified atom stereocenters. The predicted octanol–water partition coefficient (Wildman–Crippen LogP) is 4.91. The number of hydrogen-bond acceptors (Lipinski definition) is 2. The molecule has 0 atom stereocenters. The van der Waals surface area contributed by atoms with Crippen molar-refractivity contribution in [3.63, 3.8) is 0 Å². The highest BCUT2D eigenvalue weighted by atomic mass is 79.9. The van der Waals surface area contributed by atoms with E-state index in [2.05, 4.69) is 15.9 Å². The third-order valence-corrected chi connectivity index (χ3v) is 2.98. The first-order chi connectivity index (χ1) is 8.60. The molecule has 0 aromatic heterocycles. The van der Waals surface area contributed by atoms with Gasteiger partial charge in [0.2, 0.25) is 0 Å². The molecule has 90 valence electrons. The Labute approximate surface area is 117 Å². The Bertz CT molecular complexity index is 639.